The zero-order valence-electron chi connectivity index (χ0n) is 19.3. The molecule has 1 amide bonds. The first-order valence-electron chi connectivity index (χ1n) is 10.8. The van der Waals surface area contributed by atoms with Crippen LogP contribution in [-0.4, -0.2) is 70.3 Å². The summed E-state index contributed by atoms with van der Waals surface area (Å²) in [5.41, 5.74) is 2.44. The number of fused-ring (bicyclic) bond motifs is 1. The highest BCUT2D eigenvalue weighted by atomic mass is 16.5. The zero-order valence-corrected chi connectivity index (χ0v) is 19.3. The van der Waals surface area contributed by atoms with Gasteiger partial charge in [0.1, 0.15) is 17.1 Å². The first-order chi connectivity index (χ1) is 15.8. The number of carbonyl (C=O) groups is 2. The van der Waals surface area contributed by atoms with E-state index in [1.807, 2.05) is 49.3 Å². The van der Waals surface area contributed by atoms with Crippen molar-refractivity contribution >= 4 is 23.1 Å². The average molecular weight is 449 g/mol. The Bertz CT molecular complexity index is 1230. The molecule has 172 valence electrons. The number of benzene rings is 1. The number of carbonyl (C=O) groups excluding carboxylic acids is 2. The molecule has 0 spiro atoms. The number of aliphatic hydroxyl groups excluding tert-OH is 1. The predicted octanol–water partition coefficient (Wildman–Crippen LogP) is 3.02. The fraction of sp³-hybridized carbons (Fsp3) is 0.320. The van der Waals surface area contributed by atoms with Crippen molar-refractivity contribution in [2.24, 2.45) is 0 Å². The molecule has 3 heterocycles. The Morgan fingerprint density at radius 2 is 1.88 bits per heavy atom. The Hall–Kier alpha value is -3.65. The van der Waals surface area contributed by atoms with Gasteiger partial charge in [0.15, 0.2) is 5.76 Å². The summed E-state index contributed by atoms with van der Waals surface area (Å²) in [5, 5.41) is 11.4. The van der Waals surface area contributed by atoms with Gasteiger partial charge in [0.25, 0.3) is 11.7 Å². The molecule has 1 aliphatic rings. The second kappa shape index (κ2) is 9.07. The van der Waals surface area contributed by atoms with Crippen molar-refractivity contribution in [2.75, 3.05) is 34.3 Å². The molecule has 33 heavy (non-hydrogen) atoms. The van der Waals surface area contributed by atoms with Gasteiger partial charge in [-0.25, -0.2) is 4.98 Å². The van der Waals surface area contributed by atoms with E-state index in [-0.39, 0.29) is 11.3 Å². The number of methoxy groups -OCH3 is 1. The number of rotatable bonds is 7. The molecule has 0 radical (unpaired) electrons. The first-order valence-corrected chi connectivity index (χ1v) is 10.8. The largest absolute Gasteiger partial charge is 0.505 e. The Kier molecular flexibility index (Phi) is 6.20. The summed E-state index contributed by atoms with van der Waals surface area (Å²) < 4.78 is 6.99. The quantitative estimate of drug-likeness (QED) is 0.340. The Morgan fingerprint density at radius 3 is 2.55 bits per heavy atom. The summed E-state index contributed by atoms with van der Waals surface area (Å²) in [6.45, 7) is 2.94. The van der Waals surface area contributed by atoms with E-state index in [4.69, 9.17) is 4.74 Å². The molecule has 1 aliphatic heterocycles. The fourth-order valence-corrected chi connectivity index (χ4v) is 4.33. The van der Waals surface area contributed by atoms with Gasteiger partial charge >= 0.3 is 0 Å². The van der Waals surface area contributed by atoms with Crippen LogP contribution in [0.4, 0.5) is 0 Å². The van der Waals surface area contributed by atoms with Crippen LogP contribution in [0.15, 0.2) is 54.2 Å². The van der Waals surface area contributed by atoms with Gasteiger partial charge in [-0.05, 0) is 63.8 Å². The van der Waals surface area contributed by atoms with Crippen molar-refractivity contribution in [3.05, 3.63) is 71.2 Å². The van der Waals surface area contributed by atoms with Crippen LogP contribution < -0.4 is 4.74 Å². The lowest BCUT2D eigenvalue weighted by molar-refractivity contribution is -0.139. The van der Waals surface area contributed by atoms with E-state index in [2.05, 4.69) is 4.98 Å². The molecular weight excluding hydrogens is 420 g/mol. The molecule has 4 rings (SSSR count). The molecule has 0 saturated carbocycles. The van der Waals surface area contributed by atoms with Crippen molar-refractivity contribution in [1.82, 2.24) is 19.2 Å². The minimum atomic E-state index is -0.702. The summed E-state index contributed by atoms with van der Waals surface area (Å²) in [4.78, 5) is 34.4. The van der Waals surface area contributed by atoms with Crippen LogP contribution in [-0.2, 0) is 9.59 Å². The minimum absolute atomic E-state index is 0.0729. The zero-order chi connectivity index (χ0) is 23.7. The highest BCUT2D eigenvalue weighted by Gasteiger charge is 2.46. The molecule has 0 unspecified atom stereocenters. The number of ether oxygens (including phenoxy) is 1. The highest BCUT2D eigenvalue weighted by Crippen LogP contribution is 2.40. The molecule has 0 aliphatic carbocycles. The summed E-state index contributed by atoms with van der Waals surface area (Å²) >= 11 is 0. The lowest BCUT2D eigenvalue weighted by atomic mass is 9.96. The fourth-order valence-electron chi connectivity index (χ4n) is 4.33. The number of amides is 1. The van der Waals surface area contributed by atoms with Crippen molar-refractivity contribution in [2.45, 2.75) is 19.4 Å². The van der Waals surface area contributed by atoms with E-state index in [1.54, 1.807) is 41.7 Å². The summed E-state index contributed by atoms with van der Waals surface area (Å²) in [7, 11) is 5.50. The number of aryl methyl sites for hydroxylation is 1. The lowest BCUT2D eigenvalue weighted by Crippen LogP contribution is -2.32. The number of likely N-dealkylation sites (tertiary alicyclic amines) is 1. The third-order valence-electron chi connectivity index (χ3n) is 5.90. The van der Waals surface area contributed by atoms with Crippen LogP contribution in [0.25, 0.3) is 11.4 Å². The van der Waals surface area contributed by atoms with Gasteiger partial charge in [-0.15, -0.1) is 0 Å². The number of hydrogen-bond donors (Lipinski definition) is 1. The van der Waals surface area contributed by atoms with Gasteiger partial charge in [0.05, 0.1) is 24.4 Å². The molecule has 1 aromatic carbocycles. The van der Waals surface area contributed by atoms with E-state index >= 15 is 0 Å². The molecular formula is C25H28N4O4. The number of Topliss-reactive ketones (excluding diaryl/α,β-unsaturated/α-hetero) is 1. The standard InChI is InChI=1S/C25H28N4O4/c1-16-21(28-14-6-5-8-19(28)26-16)23(30)20-22(17-9-11-18(33-4)12-10-17)29(25(32)24(20)31)15-7-13-27(2)3/h5-6,8-12,14,22,30H,7,13,15H2,1-4H3/b23-20+/t22-/m1/s1. The van der Waals surface area contributed by atoms with Crippen molar-refractivity contribution < 1.29 is 19.4 Å². The second-order valence-corrected chi connectivity index (χ2v) is 8.40. The number of nitrogens with zero attached hydrogens (tertiary/aromatic N) is 4. The number of aromatic nitrogens is 2. The summed E-state index contributed by atoms with van der Waals surface area (Å²) in [5.74, 6) is -0.854. The maximum Gasteiger partial charge on any atom is 0.295 e. The van der Waals surface area contributed by atoms with Crippen molar-refractivity contribution in [3.8, 4) is 5.75 Å². The van der Waals surface area contributed by atoms with Crippen LogP contribution in [0.2, 0.25) is 0 Å². The van der Waals surface area contributed by atoms with Gasteiger partial charge in [0.2, 0.25) is 0 Å². The van der Waals surface area contributed by atoms with Crippen LogP contribution in [0.1, 0.15) is 29.4 Å². The SMILES string of the molecule is COc1ccc([C@@H]2/C(=C(\O)c3c(C)nc4ccccn34)C(=O)C(=O)N2CCCN(C)C)cc1. The molecule has 8 nitrogen and oxygen atoms in total. The molecule has 3 aromatic rings. The molecule has 1 N–H and O–H groups in total. The predicted molar refractivity (Wildman–Crippen MR) is 125 cm³/mol. The Morgan fingerprint density at radius 1 is 1.15 bits per heavy atom. The van der Waals surface area contributed by atoms with E-state index in [0.29, 0.717) is 35.8 Å². The molecule has 1 atom stereocenters. The van der Waals surface area contributed by atoms with E-state index in [0.717, 1.165) is 12.1 Å². The molecule has 0 bridgehead atoms. The Labute approximate surface area is 192 Å². The van der Waals surface area contributed by atoms with Gasteiger partial charge in [0, 0.05) is 12.7 Å². The van der Waals surface area contributed by atoms with E-state index in [9.17, 15) is 14.7 Å². The van der Waals surface area contributed by atoms with E-state index in [1.165, 1.54) is 0 Å². The van der Waals surface area contributed by atoms with Crippen LogP contribution >= 0.6 is 0 Å². The topological polar surface area (TPSA) is 87.4 Å². The second-order valence-electron chi connectivity index (χ2n) is 8.40. The monoisotopic (exact) mass is 448 g/mol. The normalized spacial score (nSPS) is 18.0. The molecule has 1 fully saturated rings. The van der Waals surface area contributed by atoms with Gasteiger partial charge in [-0.1, -0.05) is 18.2 Å². The maximum atomic E-state index is 13.2. The minimum Gasteiger partial charge on any atom is -0.505 e. The number of aliphatic hydroxyl groups is 1. The summed E-state index contributed by atoms with van der Waals surface area (Å²) in [6, 6.07) is 12.0. The van der Waals surface area contributed by atoms with Crippen molar-refractivity contribution in [1.29, 1.82) is 0 Å². The number of hydrogen-bond acceptors (Lipinski definition) is 6. The molecule has 8 heteroatoms. The number of imidazole rings is 1. The Balaban J connectivity index is 1.87. The number of pyridine rings is 1. The van der Waals surface area contributed by atoms with Crippen LogP contribution in [0.5, 0.6) is 5.75 Å². The summed E-state index contributed by atoms with van der Waals surface area (Å²) in [6.07, 6.45) is 2.47. The lowest BCUT2D eigenvalue weighted by Gasteiger charge is -2.26. The molecule has 2 aromatic heterocycles. The van der Waals surface area contributed by atoms with Crippen LogP contribution in [0.3, 0.4) is 0 Å². The van der Waals surface area contributed by atoms with Gasteiger partial charge < -0.3 is 19.6 Å². The average Bonchev–Trinajstić information content (AvgIpc) is 3.27. The smallest absolute Gasteiger partial charge is 0.295 e. The molecule has 1 saturated heterocycles. The van der Waals surface area contributed by atoms with Gasteiger partial charge in [-0.2, -0.15) is 0 Å². The first kappa shape index (κ1) is 22.5. The van der Waals surface area contributed by atoms with Crippen molar-refractivity contribution in [3.63, 3.8) is 0 Å². The van der Waals surface area contributed by atoms with Gasteiger partial charge in [-0.3, -0.25) is 14.0 Å². The van der Waals surface area contributed by atoms with Crippen LogP contribution in [0, 0.1) is 6.92 Å². The van der Waals surface area contributed by atoms with E-state index < -0.39 is 17.7 Å². The third kappa shape index (κ3) is 4.09. The highest BCUT2D eigenvalue weighted by molar-refractivity contribution is 6.46. The maximum absolute atomic E-state index is 13.2. The number of ketones is 1. The third-order valence-corrected chi connectivity index (χ3v) is 5.90.